The van der Waals surface area contributed by atoms with Gasteiger partial charge in [-0.25, -0.2) is 4.98 Å². The van der Waals surface area contributed by atoms with Gasteiger partial charge in [-0.05, 0) is 36.5 Å². The molecule has 2 aromatic rings. The van der Waals surface area contributed by atoms with Crippen molar-refractivity contribution in [3.63, 3.8) is 0 Å². The summed E-state index contributed by atoms with van der Waals surface area (Å²) in [7, 11) is 3.40. The number of hydrogen-bond donors (Lipinski definition) is 0. The first-order valence-corrected chi connectivity index (χ1v) is 10.8. The van der Waals surface area contributed by atoms with E-state index in [0.717, 1.165) is 18.9 Å². The molecule has 1 aromatic heterocycles. The fraction of sp³-hybridized carbons (Fsp3) is 0.522. The molecule has 1 spiro atoms. The Morgan fingerprint density at radius 1 is 1.33 bits per heavy atom. The topological polar surface area (TPSA) is 74.4 Å². The van der Waals surface area contributed by atoms with Crippen LogP contribution in [0.3, 0.4) is 0 Å². The summed E-state index contributed by atoms with van der Waals surface area (Å²) < 4.78 is 47.6. The van der Waals surface area contributed by atoms with Crippen LogP contribution in [0, 0.1) is 22.7 Å². The number of halogens is 3. The maximum Gasteiger partial charge on any atom is 0.417 e. The van der Waals surface area contributed by atoms with Gasteiger partial charge >= 0.3 is 6.18 Å². The quantitative estimate of drug-likeness (QED) is 0.699. The summed E-state index contributed by atoms with van der Waals surface area (Å²) in [5, 5.41) is 9.09. The molecule has 3 heterocycles. The smallest absolute Gasteiger partial charge is 0.384 e. The number of methoxy groups -OCH3 is 1. The molecule has 2 aliphatic rings. The molecule has 0 saturated carbocycles. The fourth-order valence-electron chi connectivity index (χ4n) is 5.16. The lowest BCUT2D eigenvalue weighted by Gasteiger charge is -2.42. The summed E-state index contributed by atoms with van der Waals surface area (Å²) >= 11 is 0. The Morgan fingerprint density at radius 2 is 2.06 bits per heavy atom. The molecule has 2 saturated heterocycles. The number of likely N-dealkylation sites (tertiary alicyclic amines) is 1. The third-order valence-corrected chi connectivity index (χ3v) is 7.03. The van der Waals surface area contributed by atoms with Crippen molar-refractivity contribution in [1.29, 1.82) is 5.26 Å². The van der Waals surface area contributed by atoms with E-state index in [9.17, 15) is 18.0 Å². The van der Waals surface area contributed by atoms with Gasteiger partial charge in [0.25, 0.3) is 5.91 Å². The first kappa shape index (κ1) is 23.1. The van der Waals surface area contributed by atoms with Crippen LogP contribution in [0.15, 0.2) is 30.6 Å². The molecule has 2 fully saturated rings. The Morgan fingerprint density at radius 3 is 2.64 bits per heavy atom. The van der Waals surface area contributed by atoms with Crippen molar-refractivity contribution in [2.45, 2.75) is 19.0 Å². The van der Waals surface area contributed by atoms with Gasteiger partial charge in [-0.2, -0.15) is 18.4 Å². The first-order valence-electron chi connectivity index (χ1n) is 10.8. The summed E-state index contributed by atoms with van der Waals surface area (Å²) in [6.07, 6.45) is 0.192. The average molecular weight is 461 g/mol. The van der Waals surface area contributed by atoms with Gasteiger partial charge in [0.15, 0.2) is 5.82 Å². The molecule has 176 valence electrons. The van der Waals surface area contributed by atoms with Crippen LogP contribution in [0.1, 0.15) is 34.6 Å². The van der Waals surface area contributed by atoms with E-state index in [4.69, 9.17) is 10.00 Å². The Labute approximate surface area is 190 Å². The number of ether oxygens (including phenoxy) is 1. The van der Waals surface area contributed by atoms with Crippen LogP contribution in [0.2, 0.25) is 0 Å². The minimum atomic E-state index is -4.60. The highest BCUT2D eigenvalue weighted by molar-refractivity contribution is 5.90. The Balaban J connectivity index is 1.54. The van der Waals surface area contributed by atoms with Crippen LogP contribution < -0.4 is 4.90 Å². The zero-order chi connectivity index (χ0) is 23.8. The van der Waals surface area contributed by atoms with Gasteiger partial charge in [-0.3, -0.25) is 4.79 Å². The second kappa shape index (κ2) is 8.71. The van der Waals surface area contributed by atoms with E-state index in [1.807, 2.05) is 4.90 Å². The molecular weight excluding hydrogens is 435 g/mol. The van der Waals surface area contributed by atoms with E-state index in [0.29, 0.717) is 44.3 Å². The lowest BCUT2D eigenvalue weighted by Crippen LogP contribution is -2.47. The van der Waals surface area contributed by atoms with Crippen LogP contribution >= 0.6 is 0 Å². The molecule has 1 atom stereocenters. The lowest BCUT2D eigenvalue weighted by atomic mass is 9.71. The van der Waals surface area contributed by atoms with Crippen LogP contribution in [-0.4, -0.2) is 60.3 Å². The average Bonchev–Trinajstić information content (AvgIpc) is 3.37. The molecule has 33 heavy (non-hydrogen) atoms. The molecular formula is C23H26F3N5O2. The van der Waals surface area contributed by atoms with E-state index in [2.05, 4.69) is 4.98 Å². The second-order valence-corrected chi connectivity index (χ2v) is 8.89. The number of alkyl halides is 3. The van der Waals surface area contributed by atoms with Crippen molar-refractivity contribution in [2.75, 3.05) is 44.8 Å². The maximum atomic E-state index is 13.5. The van der Waals surface area contributed by atoms with Crippen molar-refractivity contribution in [3.8, 4) is 6.07 Å². The monoisotopic (exact) mass is 461 g/mol. The van der Waals surface area contributed by atoms with Crippen LogP contribution in [0.4, 0.5) is 18.9 Å². The number of amides is 1. The highest BCUT2D eigenvalue weighted by Crippen LogP contribution is 2.47. The van der Waals surface area contributed by atoms with Crippen molar-refractivity contribution < 1.29 is 22.7 Å². The maximum absolute atomic E-state index is 13.5. The molecule has 1 unspecified atom stereocenters. The van der Waals surface area contributed by atoms with E-state index < -0.39 is 11.7 Å². The number of anilines is 1. The molecule has 4 rings (SSSR count). The molecule has 2 aliphatic heterocycles. The van der Waals surface area contributed by atoms with Gasteiger partial charge < -0.3 is 19.1 Å². The molecule has 0 radical (unpaired) electrons. The number of piperidine rings is 1. The standard InChI is InChI=1S/C23H26F3N5O2/c1-29-10-7-28-20(29)21(32)30-8-5-22(6-9-30)15-31(13-17(22)14-33-2)18-4-3-16(12-27)19(11-18)23(24,25)26/h3-4,7,10-11,17H,5-6,8-9,13-15H2,1-2H3. The molecule has 0 bridgehead atoms. The minimum Gasteiger partial charge on any atom is -0.384 e. The van der Waals surface area contributed by atoms with E-state index in [1.54, 1.807) is 48.2 Å². The number of benzene rings is 1. The van der Waals surface area contributed by atoms with Gasteiger partial charge in [-0.15, -0.1) is 0 Å². The third kappa shape index (κ3) is 4.29. The van der Waals surface area contributed by atoms with E-state index in [-0.39, 0.29) is 22.8 Å². The number of aryl methyl sites for hydroxylation is 1. The third-order valence-electron chi connectivity index (χ3n) is 7.03. The lowest BCUT2D eigenvalue weighted by molar-refractivity contribution is -0.137. The molecule has 0 aliphatic carbocycles. The van der Waals surface area contributed by atoms with Crippen molar-refractivity contribution in [1.82, 2.24) is 14.5 Å². The van der Waals surface area contributed by atoms with Crippen LogP contribution in [-0.2, 0) is 18.0 Å². The Hall–Kier alpha value is -3.06. The van der Waals surface area contributed by atoms with Crippen molar-refractivity contribution >= 4 is 11.6 Å². The number of rotatable bonds is 4. The Bertz CT molecular complexity index is 1070. The number of nitrogens with zero attached hydrogens (tertiary/aromatic N) is 5. The van der Waals surface area contributed by atoms with Crippen LogP contribution in [0.25, 0.3) is 0 Å². The summed E-state index contributed by atoms with van der Waals surface area (Å²) in [6, 6.07) is 5.52. The second-order valence-electron chi connectivity index (χ2n) is 8.89. The van der Waals surface area contributed by atoms with Gasteiger partial charge in [0.2, 0.25) is 0 Å². The predicted octanol–water partition coefficient (Wildman–Crippen LogP) is 3.32. The molecule has 0 N–H and O–H groups in total. The van der Waals surface area contributed by atoms with E-state index in [1.165, 1.54) is 6.07 Å². The number of carbonyl (C=O) groups is 1. The summed E-state index contributed by atoms with van der Waals surface area (Å²) in [5.74, 6) is 0.403. The van der Waals surface area contributed by atoms with E-state index >= 15 is 0 Å². The molecule has 10 heteroatoms. The number of hydrogen-bond acceptors (Lipinski definition) is 5. The molecule has 7 nitrogen and oxygen atoms in total. The zero-order valence-corrected chi connectivity index (χ0v) is 18.6. The van der Waals surface area contributed by atoms with Gasteiger partial charge in [0.05, 0.1) is 23.8 Å². The van der Waals surface area contributed by atoms with Crippen LogP contribution in [0.5, 0.6) is 0 Å². The highest BCUT2D eigenvalue weighted by Gasteiger charge is 2.49. The van der Waals surface area contributed by atoms with Crippen molar-refractivity contribution in [3.05, 3.63) is 47.5 Å². The number of nitriles is 1. The predicted molar refractivity (Wildman–Crippen MR) is 115 cm³/mol. The van der Waals surface area contributed by atoms with Gasteiger partial charge in [-0.1, -0.05) is 0 Å². The van der Waals surface area contributed by atoms with Gasteiger partial charge in [0, 0.05) is 64.3 Å². The van der Waals surface area contributed by atoms with Gasteiger partial charge in [0.1, 0.15) is 0 Å². The summed E-state index contributed by atoms with van der Waals surface area (Å²) in [5.41, 5.74) is -1.01. The summed E-state index contributed by atoms with van der Waals surface area (Å²) in [4.78, 5) is 20.7. The minimum absolute atomic E-state index is 0.114. The zero-order valence-electron chi connectivity index (χ0n) is 18.6. The SMILES string of the molecule is COCC1CN(c2ccc(C#N)c(C(F)(F)F)c2)CC12CCN(C(=O)c1nccn1C)CC2. The normalized spacial score (nSPS) is 20.3. The number of aromatic nitrogens is 2. The summed E-state index contributed by atoms with van der Waals surface area (Å²) in [6.45, 7) is 2.74. The van der Waals surface area contributed by atoms with Crippen molar-refractivity contribution in [2.24, 2.45) is 18.4 Å². The first-order chi connectivity index (χ1) is 15.7. The number of imidazole rings is 1. The highest BCUT2D eigenvalue weighted by atomic mass is 19.4. The number of carbonyl (C=O) groups excluding carboxylic acids is 1. The largest absolute Gasteiger partial charge is 0.417 e. The molecule has 1 aromatic carbocycles. The Kier molecular flexibility index (Phi) is 6.10. The fourth-order valence-corrected chi connectivity index (χ4v) is 5.16. The molecule has 1 amide bonds.